The Morgan fingerprint density at radius 2 is 1.88 bits per heavy atom. The molecule has 3 rings (SSSR count). The Bertz CT molecular complexity index is 1010. The van der Waals surface area contributed by atoms with E-state index in [0.29, 0.717) is 17.8 Å². The van der Waals surface area contributed by atoms with Crippen molar-refractivity contribution in [1.29, 1.82) is 0 Å². The number of amides is 1. The lowest BCUT2D eigenvalue weighted by atomic mass is 10.2. The van der Waals surface area contributed by atoms with Gasteiger partial charge in [-0.2, -0.15) is 0 Å². The van der Waals surface area contributed by atoms with Gasteiger partial charge in [-0.3, -0.25) is 9.52 Å². The zero-order chi connectivity index (χ0) is 18.6. The van der Waals surface area contributed by atoms with Gasteiger partial charge in [-0.25, -0.2) is 13.4 Å². The molecule has 1 heterocycles. The number of thiazole rings is 1. The second-order valence-electron chi connectivity index (χ2n) is 5.56. The molecule has 0 saturated heterocycles. The highest BCUT2D eigenvalue weighted by Gasteiger charge is 2.14. The Morgan fingerprint density at radius 1 is 1.12 bits per heavy atom. The monoisotopic (exact) mass is 387 g/mol. The predicted octanol–water partition coefficient (Wildman–Crippen LogP) is 3.18. The third-order valence-corrected chi connectivity index (χ3v) is 5.86. The minimum atomic E-state index is -3.70. The van der Waals surface area contributed by atoms with E-state index in [1.165, 1.54) is 29.5 Å². The van der Waals surface area contributed by atoms with Crippen LogP contribution >= 0.6 is 11.3 Å². The number of anilines is 1. The second kappa shape index (κ2) is 7.67. The number of aryl methyl sites for hydroxylation is 1. The van der Waals surface area contributed by atoms with Gasteiger partial charge in [0.2, 0.25) is 0 Å². The van der Waals surface area contributed by atoms with E-state index in [2.05, 4.69) is 15.0 Å². The number of aromatic nitrogens is 1. The van der Waals surface area contributed by atoms with E-state index in [0.717, 1.165) is 10.7 Å². The van der Waals surface area contributed by atoms with E-state index in [4.69, 9.17) is 0 Å². The summed E-state index contributed by atoms with van der Waals surface area (Å²) >= 11 is 1.48. The zero-order valence-corrected chi connectivity index (χ0v) is 15.6. The van der Waals surface area contributed by atoms with Crippen molar-refractivity contribution in [3.05, 3.63) is 76.2 Å². The third kappa shape index (κ3) is 4.47. The number of sulfonamides is 1. The van der Waals surface area contributed by atoms with Crippen molar-refractivity contribution in [1.82, 2.24) is 10.3 Å². The fraction of sp³-hybridized carbons (Fsp3) is 0.111. The maximum absolute atomic E-state index is 12.4. The molecule has 6 nitrogen and oxygen atoms in total. The van der Waals surface area contributed by atoms with Gasteiger partial charge in [-0.05, 0) is 37.3 Å². The Morgan fingerprint density at radius 3 is 2.58 bits per heavy atom. The first-order valence-corrected chi connectivity index (χ1v) is 10.2. The molecule has 0 atom stereocenters. The summed E-state index contributed by atoms with van der Waals surface area (Å²) in [5.74, 6) is -0.293. The van der Waals surface area contributed by atoms with Crippen LogP contribution in [-0.4, -0.2) is 19.3 Å². The van der Waals surface area contributed by atoms with Crippen LogP contribution in [0.1, 0.15) is 21.1 Å². The molecule has 134 valence electrons. The van der Waals surface area contributed by atoms with Gasteiger partial charge in [0.05, 0.1) is 11.4 Å². The van der Waals surface area contributed by atoms with Crippen LogP contribution < -0.4 is 10.0 Å². The van der Waals surface area contributed by atoms with Gasteiger partial charge in [0.15, 0.2) is 0 Å². The summed E-state index contributed by atoms with van der Waals surface area (Å²) < 4.78 is 27.2. The van der Waals surface area contributed by atoms with Crippen LogP contribution in [-0.2, 0) is 16.6 Å². The first kappa shape index (κ1) is 18.1. The van der Waals surface area contributed by atoms with Crippen molar-refractivity contribution in [2.75, 3.05) is 4.72 Å². The fourth-order valence-corrected chi connectivity index (χ4v) is 4.06. The number of benzene rings is 2. The molecule has 0 aliphatic heterocycles. The first-order chi connectivity index (χ1) is 12.4. The number of hydrogen-bond acceptors (Lipinski definition) is 5. The van der Waals surface area contributed by atoms with Gasteiger partial charge < -0.3 is 5.32 Å². The fourth-order valence-electron chi connectivity index (χ4n) is 2.28. The van der Waals surface area contributed by atoms with E-state index in [9.17, 15) is 13.2 Å². The molecule has 0 saturated carbocycles. The van der Waals surface area contributed by atoms with Crippen LogP contribution in [0.2, 0.25) is 0 Å². The van der Waals surface area contributed by atoms with Crippen LogP contribution in [0, 0.1) is 6.92 Å². The Kier molecular flexibility index (Phi) is 5.34. The van der Waals surface area contributed by atoms with Crippen molar-refractivity contribution < 1.29 is 13.2 Å². The molecule has 1 aromatic heterocycles. The molecule has 2 aromatic carbocycles. The van der Waals surface area contributed by atoms with Gasteiger partial charge in [-0.15, -0.1) is 11.3 Å². The quantitative estimate of drug-likeness (QED) is 0.680. The van der Waals surface area contributed by atoms with Crippen LogP contribution in [0.25, 0.3) is 0 Å². The topological polar surface area (TPSA) is 88.2 Å². The number of carbonyl (C=O) groups is 1. The molecule has 0 bridgehead atoms. The molecule has 2 N–H and O–H groups in total. The first-order valence-electron chi connectivity index (χ1n) is 7.81. The largest absolute Gasteiger partial charge is 0.346 e. The summed E-state index contributed by atoms with van der Waals surface area (Å²) in [4.78, 5) is 16.8. The minimum Gasteiger partial charge on any atom is -0.346 e. The molecule has 0 unspecified atom stereocenters. The van der Waals surface area contributed by atoms with Crippen LogP contribution in [0.15, 0.2) is 64.9 Å². The van der Waals surface area contributed by atoms with Crippen LogP contribution in [0.4, 0.5) is 5.69 Å². The normalized spacial score (nSPS) is 11.1. The zero-order valence-electron chi connectivity index (χ0n) is 14.0. The minimum absolute atomic E-state index is 0.161. The van der Waals surface area contributed by atoms with Gasteiger partial charge >= 0.3 is 0 Å². The summed E-state index contributed by atoms with van der Waals surface area (Å²) in [6.07, 6.45) is 0. The van der Waals surface area contributed by atoms with E-state index in [1.807, 2.05) is 12.3 Å². The molecule has 0 radical (unpaired) electrons. The lowest BCUT2D eigenvalue weighted by Crippen LogP contribution is -2.23. The number of hydrogen-bond donors (Lipinski definition) is 2. The summed E-state index contributed by atoms with van der Waals surface area (Å²) in [6.45, 7) is 2.22. The highest BCUT2D eigenvalue weighted by atomic mass is 32.2. The lowest BCUT2D eigenvalue weighted by molar-refractivity contribution is 0.0951. The number of rotatable bonds is 6. The Hall–Kier alpha value is -2.71. The molecule has 0 aliphatic rings. The Labute approximate surface area is 156 Å². The van der Waals surface area contributed by atoms with Crippen LogP contribution in [0.5, 0.6) is 0 Å². The second-order valence-corrected chi connectivity index (χ2v) is 8.19. The SMILES string of the molecule is Cc1csc(CNC(=O)c2cccc(NS(=O)(=O)c3ccccc3)c2)n1. The molecule has 0 fully saturated rings. The van der Waals surface area contributed by atoms with Crippen molar-refractivity contribution in [2.24, 2.45) is 0 Å². The van der Waals surface area contributed by atoms with E-state index in [1.54, 1.807) is 36.4 Å². The summed E-state index contributed by atoms with van der Waals surface area (Å²) in [5.41, 5.74) is 1.61. The molecule has 1 amide bonds. The molecular formula is C18H17N3O3S2. The standard InChI is InChI=1S/C18H17N3O3S2/c1-13-12-25-17(20-13)11-19-18(22)14-6-5-7-15(10-14)21-26(23,24)16-8-3-2-4-9-16/h2-10,12,21H,11H2,1H3,(H,19,22). The molecular weight excluding hydrogens is 370 g/mol. The number of nitrogens with one attached hydrogen (secondary N) is 2. The lowest BCUT2D eigenvalue weighted by Gasteiger charge is -2.09. The van der Waals surface area contributed by atoms with Crippen LogP contribution in [0.3, 0.4) is 0 Å². The van der Waals surface area contributed by atoms with Gasteiger partial charge in [0.1, 0.15) is 5.01 Å². The Balaban J connectivity index is 1.70. The summed E-state index contributed by atoms with van der Waals surface area (Å²) in [7, 11) is -3.70. The average molecular weight is 387 g/mol. The van der Waals surface area contributed by atoms with E-state index < -0.39 is 10.0 Å². The van der Waals surface area contributed by atoms with Gasteiger partial charge in [0.25, 0.3) is 15.9 Å². The van der Waals surface area contributed by atoms with Crippen molar-refractivity contribution in [3.63, 3.8) is 0 Å². The van der Waals surface area contributed by atoms with Crippen molar-refractivity contribution >= 4 is 33.0 Å². The molecule has 26 heavy (non-hydrogen) atoms. The van der Waals surface area contributed by atoms with E-state index >= 15 is 0 Å². The number of nitrogens with zero attached hydrogens (tertiary/aromatic N) is 1. The average Bonchev–Trinajstić information content (AvgIpc) is 3.05. The molecule has 0 spiro atoms. The number of carbonyl (C=O) groups excluding carboxylic acids is 1. The molecule has 8 heteroatoms. The third-order valence-electron chi connectivity index (χ3n) is 3.50. The van der Waals surface area contributed by atoms with Crippen molar-refractivity contribution in [3.8, 4) is 0 Å². The van der Waals surface area contributed by atoms with Gasteiger partial charge in [-0.1, -0.05) is 24.3 Å². The predicted molar refractivity (Wildman–Crippen MR) is 102 cm³/mol. The summed E-state index contributed by atoms with van der Waals surface area (Å²) in [5, 5.41) is 5.52. The molecule has 3 aromatic rings. The highest BCUT2D eigenvalue weighted by molar-refractivity contribution is 7.92. The smallest absolute Gasteiger partial charge is 0.261 e. The maximum atomic E-state index is 12.4. The van der Waals surface area contributed by atoms with Gasteiger partial charge in [0, 0.05) is 22.3 Å². The van der Waals surface area contributed by atoms with E-state index in [-0.39, 0.29) is 10.8 Å². The highest BCUT2D eigenvalue weighted by Crippen LogP contribution is 2.17. The van der Waals surface area contributed by atoms with Crippen molar-refractivity contribution in [2.45, 2.75) is 18.4 Å². The maximum Gasteiger partial charge on any atom is 0.261 e. The molecule has 0 aliphatic carbocycles. The summed E-state index contributed by atoms with van der Waals surface area (Å²) in [6, 6.07) is 14.4.